The van der Waals surface area contributed by atoms with Gasteiger partial charge in [-0.05, 0) is 32.4 Å². The van der Waals surface area contributed by atoms with Gasteiger partial charge in [-0.1, -0.05) is 29.8 Å². The largest absolute Gasteiger partial charge is 0.352 e. The second kappa shape index (κ2) is 6.17. The average molecular weight is 261 g/mol. The zero-order valence-corrected chi connectivity index (χ0v) is 11.7. The van der Waals surface area contributed by atoms with Gasteiger partial charge in [0.25, 0.3) is 0 Å². The highest BCUT2D eigenvalue weighted by atomic mass is 16.2. The monoisotopic (exact) mass is 261 g/mol. The third-order valence-corrected chi connectivity index (χ3v) is 3.55. The van der Waals surface area contributed by atoms with E-state index in [2.05, 4.69) is 36.5 Å². The Morgan fingerprint density at radius 2 is 2.05 bits per heavy atom. The Morgan fingerprint density at radius 1 is 1.42 bits per heavy atom. The number of nitrogens with zero attached hydrogens (tertiary/aromatic N) is 1. The van der Waals surface area contributed by atoms with E-state index < -0.39 is 0 Å². The first-order valence-corrected chi connectivity index (χ1v) is 6.86. The molecule has 1 saturated carbocycles. The zero-order chi connectivity index (χ0) is 13.8. The van der Waals surface area contributed by atoms with Crippen LogP contribution in [-0.2, 0) is 4.79 Å². The molecule has 1 atom stereocenters. The quantitative estimate of drug-likeness (QED) is 0.809. The Hall–Kier alpha value is -1.39. The van der Waals surface area contributed by atoms with Crippen LogP contribution in [0.5, 0.6) is 0 Å². The molecule has 4 heteroatoms. The van der Waals surface area contributed by atoms with Crippen molar-refractivity contribution in [3.8, 4) is 0 Å². The van der Waals surface area contributed by atoms with Gasteiger partial charge in [0.05, 0.1) is 6.54 Å². The number of amides is 1. The number of hydrogen-bond donors (Lipinski definition) is 2. The molecule has 0 aliphatic heterocycles. The van der Waals surface area contributed by atoms with Gasteiger partial charge in [0.1, 0.15) is 0 Å². The van der Waals surface area contributed by atoms with E-state index in [0.29, 0.717) is 19.1 Å². The summed E-state index contributed by atoms with van der Waals surface area (Å²) >= 11 is 0. The van der Waals surface area contributed by atoms with Gasteiger partial charge < -0.3 is 11.1 Å². The Balaban J connectivity index is 1.95. The van der Waals surface area contributed by atoms with E-state index in [1.54, 1.807) is 0 Å². The van der Waals surface area contributed by atoms with Gasteiger partial charge in [-0.3, -0.25) is 9.69 Å². The molecule has 4 nitrogen and oxygen atoms in total. The summed E-state index contributed by atoms with van der Waals surface area (Å²) in [5, 5.41) is 3.00. The van der Waals surface area contributed by atoms with Crippen molar-refractivity contribution in [2.24, 2.45) is 5.73 Å². The van der Waals surface area contributed by atoms with Gasteiger partial charge in [-0.2, -0.15) is 0 Å². The maximum Gasteiger partial charge on any atom is 0.234 e. The Labute approximate surface area is 115 Å². The van der Waals surface area contributed by atoms with Crippen LogP contribution in [-0.4, -0.2) is 37.0 Å². The van der Waals surface area contributed by atoms with E-state index >= 15 is 0 Å². The third kappa shape index (κ3) is 4.04. The summed E-state index contributed by atoms with van der Waals surface area (Å²) in [5.41, 5.74) is 8.25. The fraction of sp³-hybridized carbons (Fsp3) is 0.533. The molecule has 19 heavy (non-hydrogen) atoms. The average Bonchev–Trinajstić information content (AvgIpc) is 3.16. The Kier molecular flexibility index (Phi) is 4.56. The van der Waals surface area contributed by atoms with Gasteiger partial charge in [-0.25, -0.2) is 0 Å². The van der Waals surface area contributed by atoms with Crippen LogP contribution in [0.1, 0.15) is 30.0 Å². The number of aryl methyl sites for hydroxylation is 1. The number of likely N-dealkylation sites (N-methyl/N-ethyl adjacent to an activating group) is 1. The summed E-state index contributed by atoms with van der Waals surface area (Å²) in [5.74, 6) is 0.0931. The molecule has 0 bridgehead atoms. The van der Waals surface area contributed by atoms with Crippen LogP contribution < -0.4 is 11.1 Å². The number of rotatable bonds is 6. The van der Waals surface area contributed by atoms with Crippen molar-refractivity contribution in [3.63, 3.8) is 0 Å². The number of hydrogen-bond acceptors (Lipinski definition) is 3. The molecule has 1 amide bonds. The molecule has 2 rings (SSSR count). The standard InChI is InChI=1S/C15H23N3O/c1-11-3-5-12(6-4-11)14(9-16)18(2)10-15(19)17-13-7-8-13/h3-6,13-14H,7-10,16H2,1-2H3,(H,17,19). The SMILES string of the molecule is Cc1ccc(C(CN)N(C)CC(=O)NC2CC2)cc1. The van der Waals surface area contributed by atoms with Crippen LogP contribution >= 0.6 is 0 Å². The van der Waals surface area contributed by atoms with E-state index in [9.17, 15) is 4.79 Å². The second-order valence-electron chi connectivity index (χ2n) is 5.42. The fourth-order valence-electron chi connectivity index (χ4n) is 2.20. The minimum Gasteiger partial charge on any atom is -0.352 e. The lowest BCUT2D eigenvalue weighted by Gasteiger charge is -2.27. The van der Waals surface area contributed by atoms with Gasteiger partial charge in [0.15, 0.2) is 0 Å². The summed E-state index contributed by atoms with van der Waals surface area (Å²) in [6.45, 7) is 2.97. The van der Waals surface area contributed by atoms with Crippen molar-refractivity contribution in [3.05, 3.63) is 35.4 Å². The first-order valence-electron chi connectivity index (χ1n) is 6.86. The molecular weight excluding hydrogens is 238 g/mol. The molecule has 104 valence electrons. The van der Waals surface area contributed by atoms with Crippen LogP contribution in [0, 0.1) is 6.92 Å². The number of nitrogens with one attached hydrogen (secondary N) is 1. The second-order valence-corrected chi connectivity index (χ2v) is 5.42. The Morgan fingerprint density at radius 3 is 2.58 bits per heavy atom. The summed E-state index contributed by atoms with van der Waals surface area (Å²) < 4.78 is 0. The number of carbonyl (C=O) groups excluding carboxylic acids is 1. The first kappa shape index (κ1) is 14.0. The third-order valence-electron chi connectivity index (χ3n) is 3.55. The Bertz CT molecular complexity index is 426. The van der Waals surface area contributed by atoms with E-state index in [1.807, 2.05) is 11.9 Å². The maximum atomic E-state index is 11.8. The van der Waals surface area contributed by atoms with E-state index in [1.165, 1.54) is 5.56 Å². The van der Waals surface area contributed by atoms with Crippen LogP contribution in [0.15, 0.2) is 24.3 Å². The fourth-order valence-corrected chi connectivity index (χ4v) is 2.20. The summed E-state index contributed by atoms with van der Waals surface area (Å²) in [7, 11) is 1.95. The predicted molar refractivity (Wildman–Crippen MR) is 76.8 cm³/mol. The molecule has 1 aliphatic carbocycles. The molecule has 0 spiro atoms. The highest BCUT2D eigenvalue weighted by Crippen LogP contribution is 2.20. The van der Waals surface area contributed by atoms with Crippen molar-refractivity contribution in [2.75, 3.05) is 20.1 Å². The van der Waals surface area contributed by atoms with E-state index in [0.717, 1.165) is 18.4 Å². The van der Waals surface area contributed by atoms with E-state index in [-0.39, 0.29) is 11.9 Å². The van der Waals surface area contributed by atoms with Crippen molar-refractivity contribution < 1.29 is 4.79 Å². The number of nitrogens with two attached hydrogens (primary N) is 1. The molecule has 0 saturated heterocycles. The van der Waals surface area contributed by atoms with Crippen molar-refractivity contribution in [2.45, 2.75) is 31.8 Å². The van der Waals surface area contributed by atoms with E-state index in [4.69, 9.17) is 5.73 Å². The molecule has 3 N–H and O–H groups in total. The van der Waals surface area contributed by atoms with Crippen LogP contribution in [0.4, 0.5) is 0 Å². The van der Waals surface area contributed by atoms with Gasteiger partial charge in [-0.15, -0.1) is 0 Å². The van der Waals surface area contributed by atoms with Crippen LogP contribution in [0.25, 0.3) is 0 Å². The number of carbonyl (C=O) groups is 1. The van der Waals surface area contributed by atoms with Crippen molar-refractivity contribution in [1.82, 2.24) is 10.2 Å². The van der Waals surface area contributed by atoms with Crippen molar-refractivity contribution in [1.29, 1.82) is 0 Å². The lowest BCUT2D eigenvalue weighted by atomic mass is 10.0. The number of benzene rings is 1. The summed E-state index contributed by atoms with van der Waals surface area (Å²) in [6.07, 6.45) is 2.24. The molecule has 1 fully saturated rings. The summed E-state index contributed by atoms with van der Waals surface area (Å²) in [6, 6.07) is 8.83. The first-order chi connectivity index (χ1) is 9.10. The normalized spacial score (nSPS) is 16.4. The minimum absolute atomic E-state index is 0.0885. The molecular formula is C15H23N3O. The topological polar surface area (TPSA) is 58.4 Å². The smallest absolute Gasteiger partial charge is 0.234 e. The minimum atomic E-state index is 0.0885. The maximum absolute atomic E-state index is 11.8. The van der Waals surface area contributed by atoms with Gasteiger partial charge in [0.2, 0.25) is 5.91 Å². The molecule has 1 aromatic rings. The molecule has 1 aliphatic rings. The lowest BCUT2D eigenvalue weighted by Crippen LogP contribution is -2.40. The lowest BCUT2D eigenvalue weighted by molar-refractivity contribution is -0.122. The van der Waals surface area contributed by atoms with Crippen LogP contribution in [0.2, 0.25) is 0 Å². The molecule has 0 aromatic heterocycles. The van der Waals surface area contributed by atoms with Crippen molar-refractivity contribution >= 4 is 5.91 Å². The van der Waals surface area contributed by atoms with Crippen LogP contribution in [0.3, 0.4) is 0 Å². The highest BCUT2D eigenvalue weighted by Gasteiger charge is 2.25. The summed E-state index contributed by atoms with van der Waals surface area (Å²) in [4.78, 5) is 13.8. The van der Waals surface area contributed by atoms with Gasteiger partial charge in [0, 0.05) is 18.6 Å². The molecule has 0 heterocycles. The van der Waals surface area contributed by atoms with Gasteiger partial charge >= 0.3 is 0 Å². The molecule has 1 unspecified atom stereocenters. The molecule has 0 radical (unpaired) electrons. The zero-order valence-electron chi connectivity index (χ0n) is 11.7. The predicted octanol–water partition coefficient (Wildman–Crippen LogP) is 1.21. The molecule has 1 aromatic carbocycles. The highest BCUT2D eigenvalue weighted by molar-refractivity contribution is 5.78.